The van der Waals surface area contributed by atoms with E-state index in [-0.39, 0.29) is 11.4 Å². The van der Waals surface area contributed by atoms with Crippen molar-refractivity contribution in [3.05, 3.63) is 17.5 Å². The van der Waals surface area contributed by atoms with E-state index in [0.29, 0.717) is 17.4 Å². The summed E-state index contributed by atoms with van der Waals surface area (Å²) in [5.74, 6) is 0.439. The normalized spacial score (nSPS) is 14.6. The second kappa shape index (κ2) is 5.79. The van der Waals surface area contributed by atoms with Gasteiger partial charge in [-0.3, -0.25) is 4.21 Å². The van der Waals surface area contributed by atoms with E-state index in [2.05, 4.69) is 5.16 Å². The monoisotopic (exact) mass is 245 g/mol. The number of carboxylic acids is 1. The van der Waals surface area contributed by atoms with Gasteiger partial charge in [0, 0.05) is 22.6 Å². The molecule has 0 aliphatic heterocycles. The van der Waals surface area contributed by atoms with Crippen LogP contribution in [0.25, 0.3) is 0 Å². The fourth-order valence-corrected chi connectivity index (χ4v) is 2.58. The molecule has 1 N–H and O–H groups in total. The van der Waals surface area contributed by atoms with Crippen molar-refractivity contribution < 1.29 is 18.6 Å². The molecule has 0 bridgehead atoms. The van der Waals surface area contributed by atoms with Gasteiger partial charge < -0.3 is 9.63 Å². The molecule has 16 heavy (non-hydrogen) atoms. The molecule has 1 rings (SSSR count). The summed E-state index contributed by atoms with van der Waals surface area (Å²) in [6.07, 6.45) is 0.975. The second-order valence-corrected chi connectivity index (χ2v) is 5.25. The van der Waals surface area contributed by atoms with Gasteiger partial charge in [0.25, 0.3) is 0 Å². The summed E-state index contributed by atoms with van der Waals surface area (Å²) in [6.45, 7) is 4.07. The highest BCUT2D eigenvalue weighted by Gasteiger charge is 2.14. The number of hydrogen-bond donors (Lipinski definition) is 1. The highest BCUT2D eigenvalue weighted by molar-refractivity contribution is 7.84. The second-order valence-electron chi connectivity index (χ2n) is 3.75. The summed E-state index contributed by atoms with van der Waals surface area (Å²) in [5, 5.41) is 12.0. The zero-order chi connectivity index (χ0) is 12.1. The maximum atomic E-state index is 11.6. The van der Waals surface area contributed by atoms with Gasteiger partial charge in [-0.25, -0.2) is 4.79 Å². The smallest absolute Gasteiger partial charge is 0.358 e. The van der Waals surface area contributed by atoms with Gasteiger partial charge in [0.05, 0.1) is 5.75 Å². The molecule has 0 aliphatic carbocycles. The van der Waals surface area contributed by atoms with Gasteiger partial charge in [-0.2, -0.15) is 0 Å². The first-order valence-electron chi connectivity index (χ1n) is 5.06. The topological polar surface area (TPSA) is 80.4 Å². The van der Waals surface area contributed by atoms with Crippen LogP contribution in [0.5, 0.6) is 0 Å². The number of nitrogens with zero attached hydrogens (tertiary/aromatic N) is 1. The molecular weight excluding hydrogens is 230 g/mol. The molecule has 0 radical (unpaired) electrons. The van der Waals surface area contributed by atoms with Gasteiger partial charge in [0.1, 0.15) is 5.76 Å². The van der Waals surface area contributed by atoms with E-state index in [1.165, 1.54) is 6.07 Å². The predicted molar refractivity (Wildman–Crippen MR) is 59.6 cm³/mol. The molecule has 0 saturated carbocycles. The predicted octanol–water partition coefficient (Wildman–Crippen LogP) is 1.67. The third kappa shape index (κ3) is 3.77. The Kier molecular flexibility index (Phi) is 4.67. The Morgan fingerprint density at radius 1 is 1.69 bits per heavy atom. The minimum atomic E-state index is -1.14. The molecule has 0 spiro atoms. The summed E-state index contributed by atoms with van der Waals surface area (Å²) in [4.78, 5) is 10.5. The number of hydrogen-bond acceptors (Lipinski definition) is 4. The Labute approximate surface area is 96.3 Å². The molecule has 6 heteroatoms. The summed E-state index contributed by atoms with van der Waals surface area (Å²) in [5.41, 5.74) is -0.143. The lowest BCUT2D eigenvalue weighted by molar-refractivity contribution is 0.0685. The molecule has 0 aromatic carbocycles. The molecular formula is C10H15NO4S. The van der Waals surface area contributed by atoms with E-state index in [0.717, 1.165) is 6.42 Å². The number of carbonyl (C=O) groups is 1. The average molecular weight is 245 g/mol. The van der Waals surface area contributed by atoms with Crippen LogP contribution in [0.4, 0.5) is 0 Å². The van der Waals surface area contributed by atoms with Gasteiger partial charge in [-0.05, 0) is 5.92 Å². The Balaban J connectivity index is 2.53. The molecule has 0 fully saturated rings. The van der Waals surface area contributed by atoms with Crippen molar-refractivity contribution in [2.24, 2.45) is 5.92 Å². The Morgan fingerprint density at radius 2 is 2.38 bits per heavy atom. The first-order chi connectivity index (χ1) is 7.52. The van der Waals surface area contributed by atoms with Crippen LogP contribution in [0.1, 0.15) is 36.5 Å². The van der Waals surface area contributed by atoms with Crippen LogP contribution in [0.15, 0.2) is 10.6 Å². The third-order valence-electron chi connectivity index (χ3n) is 2.25. The Morgan fingerprint density at radius 3 is 2.88 bits per heavy atom. The number of aromatic carboxylic acids is 1. The summed E-state index contributed by atoms with van der Waals surface area (Å²) in [7, 11) is -1.03. The zero-order valence-electron chi connectivity index (χ0n) is 9.30. The highest BCUT2D eigenvalue weighted by atomic mass is 32.2. The molecule has 0 aliphatic rings. The van der Waals surface area contributed by atoms with Crippen molar-refractivity contribution >= 4 is 16.8 Å². The first kappa shape index (κ1) is 12.9. The zero-order valence-corrected chi connectivity index (χ0v) is 10.1. The van der Waals surface area contributed by atoms with Crippen molar-refractivity contribution in [2.45, 2.75) is 26.0 Å². The van der Waals surface area contributed by atoms with E-state index < -0.39 is 16.8 Å². The van der Waals surface area contributed by atoms with Gasteiger partial charge in [0.15, 0.2) is 5.69 Å². The van der Waals surface area contributed by atoms with Crippen LogP contribution < -0.4 is 0 Å². The van der Waals surface area contributed by atoms with Crippen LogP contribution in [0, 0.1) is 5.92 Å². The molecule has 90 valence electrons. The largest absolute Gasteiger partial charge is 0.476 e. The molecule has 0 saturated heterocycles. The molecule has 2 atom stereocenters. The van der Waals surface area contributed by atoms with Crippen molar-refractivity contribution in [3.8, 4) is 0 Å². The van der Waals surface area contributed by atoms with E-state index >= 15 is 0 Å². The Hall–Kier alpha value is -1.17. The van der Waals surface area contributed by atoms with Gasteiger partial charge >= 0.3 is 5.97 Å². The lowest BCUT2D eigenvalue weighted by atomic mass is 10.2. The van der Waals surface area contributed by atoms with Crippen LogP contribution in [0.2, 0.25) is 0 Å². The SMILES string of the molecule is CCC(C)CS(=O)Cc1cc(C(=O)O)no1. The molecule has 1 aromatic heterocycles. The number of aromatic nitrogens is 1. The summed E-state index contributed by atoms with van der Waals surface area (Å²) in [6, 6.07) is 1.32. The minimum Gasteiger partial charge on any atom is -0.476 e. The fraction of sp³-hybridized carbons (Fsp3) is 0.600. The van der Waals surface area contributed by atoms with E-state index in [1.54, 1.807) is 0 Å². The molecule has 5 nitrogen and oxygen atoms in total. The van der Waals surface area contributed by atoms with Crippen LogP contribution >= 0.6 is 0 Å². The quantitative estimate of drug-likeness (QED) is 0.824. The van der Waals surface area contributed by atoms with Crippen molar-refractivity contribution in [3.63, 3.8) is 0 Å². The van der Waals surface area contributed by atoms with Crippen molar-refractivity contribution in [2.75, 3.05) is 5.75 Å². The lowest BCUT2D eigenvalue weighted by Crippen LogP contribution is -2.08. The maximum absolute atomic E-state index is 11.6. The van der Waals surface area contributed by atoms with Gasteiger partial charge in [-0.1, -0.05) is 25.4 Å². The summed E-state index contributed by atoms with van der Waals surface area (Å²) < 4.78 is 16.4. The van der Waals surface area contributed by atoms with Gasteiger partial charge in [0.2, 0.25) is 0 Å². The average Bonchev–Trinajstić information content (AvgIpc) is 2.65. The standard InChI is InChI=1S/C10H15NO4S/c1-3-7(2)5-16(14)6-8-4-9(10(12)13)11-15-8/h4,7H,3,5-6H2,1-2H3,(H,12,13). The van der Waals surface area contributed by atoms with Crippen molar-refractivity contribution in [1.29, 1.82) is 0 Å². The van der Waals surface area contributed by atoms with E-state index in [1.807, 2.05) is 13.8 Å². The van der Waals surface area contributed by atoms with E-state index in [4.69, 9.17) is 9.63 Å². The molecule has 2 unspecified atom stereocenters. The third-order valence-corrected chi connectivity index (χ3v) is 3.80. The number of rotatable bonds is 6. The van der Waals surface area contributed by atoms with E-state index in [9.17, 15) is 9.00 Å². The van der Waals surface area contributed by atoms with Crippen LogP contribution in [-0.4, -0.2) is 26.2 Å². The fourth-order valence-electron chi connectivity index (χ4n) is 1.13. The first-order valence-corrected chi connectivity index (χ1v) is 6.55. The van der Waals surface area contributed by atoms with Crippen LogP contribution in [0.3, 0.4) is 0 Å². The van der Waals surface area contributed by atoms with Crippen molar-refractivity contribution in [1.82, 2.24) is 5.16 Å². The molecule has 1 aromatic rings. The molecule has 0 amide bonds. The van der Waals surface area contributed by atoms with Crippen LogP contribution in [-0.2, 0) is 16.6 Å². The highest BCUT2D eigenvalue weighted by Crippen LogP contribution is 2.10. The maximum Gasteiger partial charge on any atom is 0.358 e. The number of carboxylic acid groups (broad SMARTS) is 1. The minimum absolute atomic E-state index is 0.143. The molecule has 1 heterocycles. The summed E-state index contributed by atoms with van der Waals surface area (Å²) >= 11 is 0. The Bertz CT molecular complexity index is 388. The van der Waals surface area contributed by atoms with Gasteiger partial charge in [-0.15, -0.1) is 0 Å². The lowest BCUT2D eigenvalue weighted by Gasteiger charge is -2.05.